The van der Waals surface area contributed by atoms with E-state index in [0.29, 0.717) is 17.6 Å². The largest absolute Gasteiger partial charge is 0.496 e. The molecule has 132 valence electrons. The first-order chi connectivity index (χ1) is 12.2. The van der Waals surface area contributed by atoms with Gasteiger partial charge in [0.25, 0.3) is 0 Å². The van der Waals surface area contributed by atoms with Crippen LogP contribution in [0.5, 0.6) is 5.75 Å². The van der Waals surface area contributed by atoms with Gasteiger partial charge in [-0.2, -0.15) is 0 Å². The van der Waals surface area contributed by atoms with E-state index in [1.807, 2.05) is 30.3 Å². The molecule has 4 nitrogen and oxygen atoms in total. The lowest BCUT2D eigenvalue weighted by molar-refractivity contribution is -0.117. The number of nitrogens with one attached hydrogen (secondary N) is 1. The Hall–Kier alpha value is -2.04. The van der Waals surface area contributed by atoms with Gasteiger partial charge in [-0.3, -0.25) is 9.69 Å². The highest BCUT2D eigenvalue weighted by Gasteiger charge is 2.27. The molecule has 3 rings (SSSR count). The number of benzene rings is 2. The first-order valence-electron chi connectivity index (χ1n) is 8.57. The number of anilines is 1. The Kier molecular flexibility index (Phi) is 5.95. The van der Waals surface area contributed by atoms with Crippen molar-refractivity contribution < 1.29 is 9.53 Å². The van der Waals surface area contributed by atoms with Crippen molar-refractivity contribution in [3.05, 3.63) is 59.1 Å². The van der Waals surface area contributed by atoms with Gasteiger partial charge in [-0.15, -0.1) is 0 Å². The minimum Gasteiger partial charge on any atom is -0.496 e. The molecule has 1 N–H and O–H groups in total. The van der Waals surface area contributed by atoms with Crippen LogP contribution in [0.4, 0.5) is 5.69 Å². The molecule has 0 bridgehead atoms. The molecule has 1 atom stereocenters. The summed E-state index contributed by atoms with van der Waals surface area (Å²) in [5.41, 5.74) is 1.97. The molecular weight excluding hydrogens is 336 g/mol. The highest BCUT2D eigenvalue weighted by atomic mass is 35.5. The molecule has 1 heterocycles. The molecule has 0 spiro atoms. The third kappa shape index (κ3) is 4.74. The van der Waals surface area contributed by atoms with Gasteiger partial charge in [0.05, 0.1) is 13.7 Å². The van der Waals surface area contributed by atoms with E-state index >= 15 is 0 Å². The van der Waals surface area contributed by atoms with Crippen LogP contribution >= 0.6 is 11.6 Å². The molecule has 1 fully saturated rings. The lowest BCUT2D eigenvalue weighted by Crippen LogP contribution is -2.37. The topological polar surface area (TPSA) is 41.6 Å². The maximum absolute atomic E-state index is 12.4. The highest BCUT2D eigenvalue weighted by Crippen LogP contribution is 2.26. The number of carbonyl (C=O) groups is 1. The van der Waals surface area contributed by atoms with Gasteiger partial charge in [0, 0.05) is 16.8 Å². The number of likely N-dealkylation sites (tertiary alicyclic amines) is 1. The van der Waals surface area contributed by atoms with E-state index in [9.17, 15) is 4.79 Å². The molecule has 5 heteroatoms. The molecular formula is C20H23ClN2O2. The number of nitrogens with zero attached hydrogens (tertiary/aromatic N) is 1. The van der Waals surface area contributed by atoms with Crippen LogP contribution in [-0.2, 0) is 11.2 Å². The van der Waals surface area contributed by atoms with Crippen molar-refractivity contribution in [3.8, 4) is 5.75 Å². The number of para-hydroxylation sites is 1. The number of rotatable bonds is 6. The summed E-state index contributed by atoms with van der Waals surface area (Å²) in [5, 5.41) is 3.60. The number of hydrogen-bond donors (Lipinski definition) is 1. The Morgan fingerprint density at radius 3 is 2.76 bits per heavy atom. The summed E-state index contributed by atoms with van der Waals surface area (Å²) in [5.74, 6) is 0.925. The zero-order valence-electron chi connectivity index (χ0n) is 14.4. The van der Waals surface area contributed by atoms with Crippen molar-refractivity contribution in [1.29, 1.82) is 0 Å². The van der Waals surface area contributed by atoms with E-state index < -0.39 is 0 Å². The molecule has 25 heavy (non-hydrogen) atoms. The maximum Gasteiger partial charge on any atom is 0.238 e. The zero-order chi connectivity index (χ0) is 17.6. The third-order valence-electron chi connectivity index (χ3n) is 4.62. The quantitative estimate of drug-likeness (QED) is 0.848. The number of hydrogen-bond acceptors (Lipinski definition) is 3. The van der Waals surface area contributed by atoms with Gasteiger partial charge in [0.15, 0.2) is 0 Å². The summed E-state index contributed by atoms with van der Waals surface area (Å²) in [6, 6.07) is 15.7. The number of ether oxygens (including phenoxy) is 1. The molecule has 0 aromatic heterocycles. The maximum atomic E-state index is 12.4. The van der Waals surface area contributed by atoms with E-state index in [4.69, 9.17) is 16.3 Å². The normalized spacial score (nSPS) is 17.4. The van der Waals surface area contributed by atoms with Crippen molar-refractivity contribution in [2.75, 3.05) is 25.5 Å². The minimum atomic E-state index is 0.00856. The summed E-state index contributed by atoms with van der Waals surface area (Å²) < 4.78 is 5.45. The average Bonchev–Trinajstić information content (AvgIpc) is 3.04. The van der Waals surface area contributed by atoms with Crippen LogP contribution in [0.25, 0.3) is 0 Å². The Balaban J connectivity index is 1.59. The zero-order valence-corrected chi connectivity index (χ0v) is 15.1. The van der Waals surface area contributed by atoms with Crippen LogP contribution in [0.1, 0.15) is 18.4 Å². The van der Waals surface area contributed by atoms with Crippen molar-refractivity contribution >= 4 is 23.2 Å². The monoisotopic (exact) mass is 358 g/mol. The molecule has 2 aromatic carbocycles. The second-order valence-corrected chi connectivity index (χ2v) is 6.77. The van der Waals surface area contributed by atoms with E-state index in [1.54, 1.807) is 19.2 Å². The molecule has 1 aliphatic rings. The summed E-state index contributed by atoms with van der Waals surface area (Å²) in [6.07, 6.45) is 3.12. The first kappa shape index (κ1) is 17.8. The van der Waals surface area contributed by atoms with Crippen LogP contribution in [0, 0.1) is 0 Å². The molecule has 2 aromatic rings. The molecule has 0 radical (unpaired) electrons. The standard InChI is InChI=1S/C20H23ClN2O2/c1-25-19-7-3-2-5-15(19)13-18-6-4-12-23(18)14-20(24)22-17-10-8-16(21)9-11-17/h2-3,5,7-11,18H,4,6,12-14H2,1H3,(H,22,24). The number of amides is 1. The number of methoxy groups -OCH3 is 1. The predicted octanol–water partition coefficient (Wildman–Crippen LogP) is 3.99. The second-order valence-electron chi connectivity index (χ2n) is 6.34. The molecule has 1 aliphatic heterocycles. The van der Waals surface area contributed by atoms with E-state index in [2.05, 4.69) is 16.3 Å². The van der Waals surface area contributed by atoms with E-state index in [1.165, 1.54) is 5.56 Å². The van der Waals surface area contributed by atoms with Gasteiger partial charge < -0.3 is 10.1 Å². The van der Waals surface area contributed by atoms with Crippen LogP contribution in [0.15, 0.2) is 48.5 Å². The van der Waals surface area contributed by atoms with Crippen LogP contribution in [0.3, 0.4) is 0 Å². The van der Waals surface area contributed by atoms with Crippen molar-refractivity contribution in [3.63, 3.8) is 0 Å². The fourth-order valence-corrected chi connectivity index (χ4v) is 3.50. The fourth-order valence-electron chi connectivity index (χ4n) is 3.38. The lowest BCUT2D eigenvalue weighted by Gasteiger charge is -2.24. The van der Waals surface area contributed by atoms with Gasteiger partial charge in [0.2, 0.25) is 5.91 Å². The summed E-state index contributed by atoms with van der Waals surface area (Å²) in [4.78, 5) is 14.6. The van der Waals surface area contributed by atoms with Crippen molar-refractivity contribution in [2.24, 2.45) is 0 Å². The third-order valence-corrected chi connectivity index (χ3v) is 4.87. The van der Waals surface area contributed by atoms with Crippen LogP contribution in [0.2, 0.25) is 5.02 Å². The van der Waals surface area contributed by atoms with Crippen LogP contribution < -0.4 is 10.1 Å². The molecule has 0 saturated carbocycles. The summed E-state index contributed by atoms with van der Waals surface area (Å²) >= 11 is 5.88. The lowest BCUT2D eigenvalue weighted by atomic mass is 10.0. The molecule has 1 amide bonds. The van der Waals surface area contributed by atoms with Gasteiger partial charge in [-0.1, -0.05) is 29.8 Å². The average molecular weight is 359 g/mol. The smallest absolute Gasteiger partial charge is 0.238 e. The number of halogens is 1. The minimum absolute atomic E-state index is 0.00856. The van der Waals surface area contributed by atoms with E-state index in [-0.39, 0.29) is 5.91 Å². The van der Waals surface area contributed by atoms with Gasteiger partial charge in [0.1, 0.15) is 5.75 Å². The Morgan fingerprint density at radius 2 is 2.00 bits per heavy atom. The highest BCUT2D eigenvalue weighted by molar-refractivity contribution is 6.30. The summed E-state index contributed by atoms with van der Waals surface area (Å²) in [6.45, 7) is 1.36. The Labute approximate surface area is 153 Å². The SMILES string of the molecule is COc1ccccc1CC1CCCN1CC(=O)Nc1ccc(Cl)cc1. The van der Waals surface area contributed by atoms with Crippen LogP contribution in [-0.4, -0.2) is 37.0 Å². The second kappa shape index (κ2) is 8.37. The van der Waals surface area contributed by atoms with Gasteiger partial charge >= 0.3 is 0 Å². The molecule has 1 saturated heterocycles. The fraction of sp³-hybridized carbons (Fsp3) is 0.350. The van der Waals surface area contributed by atoms with Gasteiger partial charge in [-0.25, -0.2) is 0 Å². The molecule has 1 unspecified atom stereocenters. The molecule has 0 aliphatic carbocycles. The van der Waals surface area contributed by atoms with Crippen molar-refractivity contribution in [1.82, 2.24) is 4.90 Å². The summed E-state index contributed by atoms with van der Waals surface area (Å²) in [7, 11) is 1.70. The number of carbonyl (C=O) groups excluding carboxylic acids is 1. The van der Waals surface area contributed by atoms with Gasteiger partial charge in [-0.05, 0) is 61.7 Å². The Bertz CT molecular complexity index is 718. The van der Waals surface area contributed by atoms with E-state index in [0.717, 1.165) is 37.2 Å². The Morgan fingerprint density at radius 1 is 1.24 bits per heavy atom. The first-order valence-corrected chi connectivity index (χ1v) is 8.95. The predicted molar refractivity (Wildman–Crippen MR) is 101 cm³/mol. The van der Waals surface area contributed by atoms with Crippen molar-refractivity contribution in [2.45, 2.75) is 25.3 Å².